The summed E-state index contributed by atoms with van der Waals surface area (Å²) in [6.07, 6.45) is 1.37. The highest BCUT2D eigenvalue weighted by Gasteiger charge is 2.28. The van der Waals surface area contributed by atoms with Crippen LogP contribution in [0.25, 0.3) is 0 Å². The molecule has 2 N–H and O–H groups in total. The Hall–Kier alpha value is -2.69. The second kappa shape index (κ2) is 8.13. The number of sulfonamides is 1. The summed E-state index contributed by atoms with van der Waals surface area (Å²) in [6.45, 7) is 4.48. The maximum atomic E-state index is 12.9. The van der Waals surface area contributed by atoms with Gasteiger partial charge in [-0.05, 0) is 37.6 Å². The van der Waals surface area contributed by atoms with Gasteiger partial charge < -0.3 is 9.15 Å². The zero-order valence-corrected chi connectivity index (χ0v) is 16.3. The molecule has 2 aromatic rings. The molecule has 0 unspecified atom stereocenters. The summed E-state index contributed by atoms with van der Waals surface area (Å²) in [5, 5.41) is 0. The van der Waals surface area contributed by atoms with E-state index in [-0.39, 0.29) is 23.5 Å². The molecule has 0 saturated carbocycles. The van der Waals surface area contributed by atoms with Crippen molar-refractivity contribution >= 4 is 21.8 Å². The van der Waals surface area contributed by atoms with Crippen LogP contribution >= 0.6 is 0 Å². The Morgan fingerprint density at radius 2 is 1.71 bits per heavy atom. The Bertz CT molecular complexity index is 992. The number of carbonyl (C=O) groups excluding carboxylic acids is 2. The van der Waals surface area contributed by atoms with Gasteiger partial charge in [0.1, 0.15) is 5.76 Å². The van der Waals surface area contributed by atoms with Crippen LogP contribution in [0.15, 0.2) is 39.8 Å². The van der Waals surface area contributed by atoms with E-state index in [9.17, 15) is 18.0 Å². The van der Waals surface area contributed by atoms with Gasteiger partial charge in [-0.15, -0.1) is 0 Å². The third kappa shape index (κ3) is 4.08. The van der Waals surface area contributed by atoms with Crippen molar-refractivity contribution in [2.45, 2.75) is 18.7 Å². The van der Waals surface area contributed by atoms with E-state index in [4.69, 9.17) is 9.15 Å². The van der Waals surface area contributed by atoms with E-state index in [0.717, 1.165) is 0 Å². The number of aryl methyl sites for hydroxylation is 2. The molecule has 0 spiro atoms. The molecule has 1 fully saturated rings. The van der Waals surface area contributed by atoms with Gasteiger partial charge in [0.25, 0.3) is 11.8 Å². The number of amides is 2. The molecule has 28 heavy (non-hydrogen) atoms. The fourth-order valence-corrected chi connectivity index (χ4v) is 4.48. The number of morpholine rings is 1. The fourth-order valence-electron chi connectivity index (χ4n) is 2.82. The molecule has 1 aromatic heterocycles. The molecular weight excluding hydrogens is 386 g/mol. The molecule has 2 heterocycles. The summed E-state index contributed by atoms with van der Waals surface area (Å²) < 4.78 is 37.4. The van der Waals surface area contributed by atoms with E-state index in [1.54, 1.807) is 19.9 Å². The van der Waals surface area contributed by atoms with E-state index < -0.39 is 21.8 Å². The number of nitrogens with one attached hydrogen (secondary N) is 2. The molecule has 0 radical (unpaired) electrons. The third-order valence-corrected chi connectivity index (χ3v) is 6.47. The highest BCUT2D eigenvalue weighted by molar-refractivity contribution is 7.89. The lowest BCUT2D eigenvalue weighted by molar-refractivity contribution is 0.0730. The molecule has 9 nitrogen and oxygen atoms in total. The Kier molecular flexibility index (Phi) is 5.82. The summed E-state index contributed by atoms with van der Waals surface area (Å²) in [6, 6.07) is 5.85. The van der Waals surface area contributed by atoms with E-state index in [1.807, 2.05) is 0 Å². The van der Waals surface area contributed by atoms with Crippen LogP contribution in [0.2, 0.25) is 0 Å². The number of nitrogens with zero attached hydrogens (tertiary/aromatic N) is 1. The van der Waals surface area contributed by atoms with Crippen LogP contribution < -0.4 is 10.9 Å². The monoisotopic (exact) mass is 407 g/mol. The van der Waals surface area contributed by atoms with Crippen LogP contribution in [0.1, 0.15) is 32.0 Å². The molecule has 1 aromatic carbocycles. The van der Waals surface area contributed by atoms with Crippen molar-refractivity contribution in [1.82, 2.24) is 15.2 Å². The molecular formula is C18H21N3O6S. The Morgan fingerprint density at radius 1 is 1.04 bits per heavy atom. The average Bonchev–Trinajstić information content (AvgIpc) is 3.12. The largest absolute Gasteiger partial charge is 0.469 e. The first-order valence-electron chi connectivity index (χ1n) is 8.64. The highest BCUT2D eigenvalue weighted by atomic mass is 32.2. The highest BCUT2D eigenvalue weighted by Crippen LogP contribution is 2.22. The molecule has 1 aliphatic rings. The maximum Gasteiger partial charge on any atom is 0.273 e. The van der Waals surface area contributed by atoms with E-state index >= 15 is 0 Å². The predicted octanol–water partition coefficient (Wildman–Crippen LogP) is 0.992. The number of rotatable bonds is 4. The number of hydrogen-bond acceptors (Lipinski definition) is 6. The summed E-state index contributed by atoms with van der Waals surface area (Å²) in [5.41, 5.74) is 5.50. The number of hydrogen-bond donors (Lipinski definition) is 2. The first-order chi connectivity index (χ1) is 13.3. The van der Waals surface area contributed by atoms with Gasteiger partial charge in [0.15, 0.2) is 0 Å². The van der Waals surface area contributed by atoms with Crippen molar-refractivity contribution in [2.75, 3.05) is 26.3 Å². The van der Waals surface area contributed by atoms with Gasteiger partial charge in [-0.2, -0.15) is 4.31 Å². The molecule has 0 aliphatic carbocycles. The third-order valence-electron chi connectivity index (χ3n) is 4.43. The molecule has 150 valence electrons. The van der Waals surface area contributed by atoms with Gasteiger partial charge in [0.05, 0.1) is 29.9 Å². The Morgan fingerprint density at radius 3 is 2.36 bits per heavy atom. The van der Waals surface area contributed by atoms with Gasteiger partial charge in [0.2, 0.25) is 10.0 Å². The first-order valence-corrected chi connectivity index (χ1v) is 10.1. The van der Waals surface area contributed by atoms with Crippen molar-refractivity contribution < 1.29 is 27.2 Å². The Labute approximate surface area is 162 Å². The van der Waals surface area contributed by atoms with Crippen molar-refractivity contribution in [3.8, 4) is 0 Å². The standard InChI is InChI=1S/C18H21N3O6S/c1-12-3-4-14(11-16(12)28(24,25)21-6-9-26-10-7-21)17(22)19-20-18(23)15-5-8-27-13(15)2/h3-5,8,11H,6-7,9-10H2,1-2H3,(H,19,22)(H,20,23). The van der Waals surface area contributed by atoms with Gasteiger partial charge in [-0.25, -0.2) is 8.42 Å². The van der Waals surface area contributed by atoms with Crippen LogP contribution in [0.3, 0.4) is 0 Å². The number of benzene rings is 1. The first kappa shape index (κ1) is 20.1. The number of ether oxygens (including phenoxy) is 1. The van der Waals surface area contributed by atoms with Crippen LogP contribution in [0.4, 0.5) is 0 Å². The minimum absolute atomic E-state index is 0.0547. The summed E-state index contributed by atoms with van der Waals surface area (Å²) in [4.78, 5) is 24.5. The van der Waals surface area contributed by atoms with E-state index in [1.165, 1.54) is 28.8 Å². The SMILES string of the molecule is Cc1ccc(C(=O)NNC(=O)c2ccoc2C)cc1S(=O)(=O)N1CCOCC1. The molecule has 1 saturated heterocycles. The molecule has 3 rings (SSSR count). The second-order valence-corrected chi connectivity index (χ2v) is 8.20. The van der Waals surface area contributed by atoms with Crippen LogP contribution in [-0.4, -0.2) is 50.8 Å². The van der Waals surface area contributed by atoms with Gasteiger partial charge in [-0.3, -0.25) is 20.4 Å². The fraction of sp³-hybridized carbons (Fsp3) is 0.333. The van der Waals surface area contributed by atoms with Gasteiger partial charge in [0, 0.05) is 18.7 Å². The maximum absolute atomic E-state index is 12.9. The molecule has 1 aliphatic heterocycles. The number of carbonyl (C=O) groups is 2. The normalized spacial score (nSPS) is 15.2. The number of hydrazine groups is 1. The van der Waals surface area contributed by atoms with Crippen LogP contribution in [0.5, 0.6) is 0 Å². The molecule has 2 amide bonds. The Balaban J connectivity index is 1.76. The van der Waals surface area contributed by atoms with Crippen molar-refractivity contribution in [3.05, 3.63) is 53.0 Å². The minimum atomic E-state index is -3.75. The topological polar surface area (TPSA) is 118 Å². The lowest BCUT2D eigenvalue weighted by Gasteiger charge is -2.26. The summed E-state index contributed by atoms with van der Waals surface area (Å²) in [5.74, 6) is -0.748. The molecule has 0 bridgehead atoms. The lowest BCUT2D eigenvalue weighted by Crippen LogP contribution is -2.42. The quantitative estimate of drug-likeness (QED) is 0.730. The van der Waals surface area contributed by atoms with Gasteiger partial charge in [-0.1, -0.05) is 6.07 Å². The van der Waals surface area contributed by atoms with Crippen LogP contribution in [-0.2, 0) is 14.8 Å². The van der Waals surface area contributed by atoms with Crippen molar-refractivity contribution in [1.29, 1.82) is 0 Å². The van der Waals surface area contributed by atoms with Crippen molar-refractivity contribution in [3.63, 3.8) is 0 Å². The zero-order valence-electron chi connectivity index (χ0n) is 15.5. The smallest absolute Gasteiger partial charge is 0.273 e. The number of furan rings is 1. The molecule has 10 heteroatoms. The summed E-state index contributed by atoms with van der Waals surface area (Å²) in [7, 11) is -3.75. The van der Waals surface area contributed by atoms with Gasteiger partial charge >= 0.3 is 0 Å². The second-order valence-electron chi connectivity index (χ2n) is 6.30. The minimum Gasteiger partial charge on any atom is -0.469 e. The predicted molar refractivity (Wildman–Crippen MR) is 99.1 cm³/mol. The van der Waals surface area contributed by atoms with Crippen LogP contribution in [0, 0.1) is 13.8 Å². The zero-order chi connectivity index (χ0) is 20.3. The van der Waals surface area contributed by atoms with Crippen molar-refractivity contribution in [2.24, 2.45) is 0 Å². The average molecular weight is 407 g/mol. The van der Waals surface area contributed by atoms with E-state index in [0.29, 0.717) is 30.1 Å². The van der Waals surface area contributed by atoms with E-state index in [2.05, 4.69) is 10.9 Å². The lowest BCUT2D eigenvalue weighted by atomic mass is 10.1. The summed E-state index contributed by atoms with van der Waals surface area (Å²) >= 11 is 0. The molecule has 0 atom stereocenters.